The average molecular weight is 314 g/mol. The SMILES string of the molecule is CCNC(=O)NC(=O)C(C)Oc1ccc(CNC)cc1Cl. The zero-order chi connectivity index (χ0) is 15.8. The number of urea groups is 1. The molecule has 1 aromatic carbocycles. The highest BCUT2D eigenvalue weighted by molar-refractivity contribution is 6.32. The zero-order valence-electron chi connectivity index (χ0n) is 12.3. The molecule has 0 fully saturated rings. The van der Waals surface area contributed by atoms with E-state index in [2.05, 4.69) is 16.0 Å². The minimum absolute atomic E-state index is 0.398. The average Bonchev–Trinajstić information content (AvgIpc) is 2.42. The van der Waals surface area contributed by atoms with Crippen LogP contribution < -0.4 is 20.7 Å². The van der Waals surface area contributed by atoms with Crippen molar-refractivity contribution in [3.05, 3.63) is 28.8 Å². The Balaban J connectivity index is 2.63. The van der Waals surface area contributed by atoms with Crippen molar-refractivity contribution in [3.63, 3.8) is 0 Å². The Morgan fingerprint density at radius 1 is 1.38 bits per heavy atom. The van der Waals surface area contributed by atoms with E-state index >= 15 is 0 Å². The van der Waals surface area contributed by atoms with Crippen molar-refractivity contribution in [2.24, 2.45) is 0 Å². The molecular weight excluding hydrogens is 294 g/mol. The van der Waals surface area contributed by atoms with Crippen LogP contribution in [0, 0.1) is 0 Å². The molecule has 0 aliphatic carbocycles. The highest BCUT2D eigenvalue weighted by atomic mass is 35.5. The molecule has 116 valence electrons. The number of nitrogens with one attached hydrogen (secondary N) is 3. The van der Waals surface area contributed by atoms with E-state index in [1.807, 2.05) is 13.1 Å². The largest absolute Gasteiger partial charge is 0.479 e. The van der Waals surface area contributed by atoms with Gasteiger partial charge in [-0.3, -0.25) is 10.1 Å². The van der Waals surface area contributed by atoms with Crippen LogP contribution in [0.1, 0.15) is 19.4 Å². The molecule has 0 aliphatic heterocycles. The maximum Gasteiger partial charge on any atom is 0.321 e. The monoisotopic (exact) mass is 313 g/mol. The Bertz CT molecular complexity index is 508. The van der Waals surface area contributed by atoms with Crippen molar-refractivity contribution in [1.29, 1.82) is 0 Å². The van der Waals surface area contributed by atoms with Crippen molar-refractivity contribution in [2.75, 3.05) is 13.6 Å². The van der Waals surface area contributed by atoms with E-state index in [4.69, 9.17) is 16.3 Å². The van der Waals surface area contributed by atoms with Crippen LogP contribution in [0.3, 0.4) is 0 Å². The summed E-state index contributed by atoms with van der Waals surface area (Å²) in [5, 5.41) is 8.09. The molecule has 3 amide bonds. The highest BCUT2D eigenvalue weighted by Gasteiger charge is 2.18. The molecule has 0 aromatic heterocycles. The van der Waals surface area contributed by atoms with Crippen molar-refractivity contribution in [3.8, 4) is 5.75 Å². The van der Waals surface area contributed by atoms with E-state index in [1.165, 1.54) is 0 Å². The lowest BCUT2D eigenvalue weighted by atomic mass is 10.2. The molecule has 1 rings (SSSR count). The smallest absolute Gasteiger partial charge is 0.321 e. The van der Waals surface area contributed by atoms with Crippen LogP contribution in [0.25, 0.3) is 0 Å². The van der Waals surface area contributed by atoms with E-state index in [0.29, 0.717) is 23.9 Å². The summed E-state index contributed by atoms with van der Waals surface area (Å²) in [5.74, 6) is -0.133. The Kier molecular flexibility index (Phi) is 6.98. The number of hydrogen-bond donors (Lipinski definition) is 3. The van der Waals surface area contributed by atoms with Gasteiger partial charge >= 0.3 is 6.03 Å². The van der Waals surface area contributed by atoms with Gasteiger partial charge in [0.2, 0.25) is 0 Å². The number of benzene rings is 1. The van der Waals surface area contributed by atoms with E-state index in [-0.39, 0.29) is 0 Å². The quantitative estimate of drug-likeness (QED) is 0.746. The van der Waals surface area contributed by atoms with Crippen LogP contribution >= 0.6 is 11.6 Å². The molecule has 6 nitrogen and oxygen atoms in total. The molecule has 21 heavy (non-hydrogen) atoms. The maximum atomic E-state index is 11.8. The van der Waals surface area contributed by atoms with Crippen molar-refractivity contribution >= 4 is 23.5 Å². The summed E-state index contributed by atoms with van der Waals surface area (Å²) in [4.78, 5) is 23.0. The predicted molar refractivity (Wildman–Crippen MR) is 81.5 cm³/mol. The van der Waals surface area contributed by atoms with E-state index in [0.717, 1.165) is 5.56 Å². The third kappa shape index (κ3) is 5.61. The molecule has 0 radical (unpaired) electrons. The fourth-order valence-electron chi connectivity index (χ4n) is 1.62. The molecule has 1 unspecified atom stereocenters. The van der Waals surface area contributed by atoms with Gasteiger partial charge in [0, 0.05) is 13.1 Å². The molecule has 1 aromatic rings. The number of hydrogen-bond acceptors (Lipinski definition) is 4. The number of carbonyl (C=O) groups excluding carboxylic acids is 2. The molecule has 0 saturated carbocycles. The topological polar surface area (TPSA) is 79.5 Å². The van der Waals surface area contributed by atoms with Gasteiger partial charge in [-0.1, -0.05) is 17.7 Å². The van der Waals surface area contributed by atoms with Gasteiger partial charge in [0.1, 0.15) is 5.75 Å². The minimum atomic E-state index is -0.833. The summed E-state index contributed by atoms with van der Waals surface area (Å²) in [6.45, 7) is 4.43. The molecule has 0 spiro atoms. The summed E-state index contributed by atoms with van der Waals surface area (Å²) >= 11 is 6.11. The number of halogens is 1. The normalized spacial score (nSPS) is 11.6. The summed E-state index contributed by atoms with van der Waals surface area (Å²) in [6, 6.07) is 4.77. The molecule has 0 saturated heterocycles. The van der Waals surface area contributed by atoms with Crippen molar-refractivity contribution in [1.82, 2.24) is 16.0 Å². The van der Waals surface area contributed by atoms with Gasteiger partial charge in [0.25, 0.3) is 5.91 Å². The molecule has 7 heteroatoms. The molecule has 0 heterocycles. The van der Waals surface area contributed by atoms with Crippen LogP contribution in [0.2, 0.25) is 5.02 Å². The number of amides is 3. The van der Waals surface area contributed by atoms with Gasteiger partial charge in [-0.2, -0.15) is 0 Å². The lowest BCUT2D eigenvalue weighted by Crippen LogP contribution is -2.45. The van der Waals surface area contributed by atoms with Crippen LogP contribution in [0.15, 0.2) is 18.2 Å². The zero-order valence-corrected chi connectivity index (χ0v) is 13.1. The Labute approximate surface area is 129 Å². The highest BCUT2D eigenvalue weighted by Crippen LogP contribution is 2.26. The van der Waals surface area contributed by atoms with Crippen LogP contribution in [-0.2, 0) is 11.3 Å². The first-order chi connectivity index (χ1) is 9.97. The summed E-state index contributed by atoms with van der Waals surface area (Å²) in [5.41, 5.74) is 1.01. The fourth-order valence-corrected chi connectivity index (χ4v) is 1.86. The van der Waals surface area contributed by atoms with Gasteiger partial charge < -0.3 is 15.4 Å². The van der Waals surface area contributed by atoms with Crippen LogP contribution in [0.4, 0.5) is 4.79 Å². The molecular formula is C14H20ClN3O3. The maximum absolute atomic E-state index is 11.8. The fraction of sp³-hybridized carbons (Fsp3) is 0.429. The van der Waals surface area contributed by atoms with Gasteiger partial charge in [0.05, 0.1) is 5.02 Å². The van der Waals surface area contributed by atoms with Gasteiger partial charge in [-0.25, -0.2) is 4.79 Å². The summed E-state index contributed by atoms with van der Waals surface area (Å²) < 4.78 is 5.47. The van der Waals surface area contributed by atoms with Crippen LogP contribution in [0.5, 0.6) is 5.75 Å². The Morgan fingerprint density at radius 2 is 2.10 bits per heavy atom. The first kappa shape index (κ1) is 17.3. The van der Waals surface area contributed by atoms with Crippen molar-refractivity contribution < 1.29 is 14.3 Å². The van der Waals surface area contributed by atoms with E-state index in [9.17, 15) is 9.59 Å². The molecule has 1 atom stereocenters. The lowest BCUT2D eigenvalue weighted by Gasteiger charge is -2.15. The molecule has 0 bridgehead atoms. The summed E-state index contributed by atoms with van der Waals surface area (Å²) in [6.07, 6.45) is -0.833. The third-order valence-electron chi connectivity index (χ3n) is 2.62. The predicted octanol–water partition coefficient (Wildman–Crippen LogP) is 1.67. The van der Waals surface area contributed by atoms with Gasteiger partial charge in [-0.05, 0) is 38.6 Å². The number of carbonyl (C=O) groups is 2. The first-order valence-electron chi connectivity index (χ1n) is 6.66. The number of imide groups is 1. The van der Waals surface area contributed by atoms with Gasteiger partial charge in [-0.15, -0.1) is 0 Å². The standard InChI is InChI=1S/C14H20ClN3O3/c1-4-17-14(20)18-13(19)9(2)21-12-6-5-10(8-16-3)7-11(12)15/h5-7,9,16H,4,8H2,1-3H3,(H2,17,18,19,20). The van der Waals surface area contributed by atoms with Gasteiger partial charge in [0.15, 0.2) is 6.10 Å². The number of rotatable bonds is 6. The Hall–Kier alpha value is -1.79. The lowest BCUT2D eigenvalue weighted by molar-refractivity contribution is -0.126. The second-order valence-corrected chi connectivity index (χ2v) is 4.81. The van der Waals surface area contributed by atoms with E-state index < -0.39 is 18.0 Å². The second-order valence-electron chi connectivity index (χ2n) is 4.40. The van der Waals surface area contributed by atoms with E-state index in [1.54, 1.807) is 26.0 Å². The molecule has 3 N–H and O–H groups in total. The number of ether oxygens (including phenoxy) is 1. The molecule has 0 aliphatic rings. The Morgan fingerprint density at radius 3 is 2.67 bits per heavy atom. The van der Waals surface area contributed by atoms with Crippen molar-refractivity contribution in [2.45, 2.75) is 26.5 Å². The summed E-state index contributed by atoms with van der Waals surface area (Å²) in [7, 11) is 1.84. The second kappa shape index (κ2) is 8.49. The minimum Gasteiger partial charge on any atom is -0.479 e. The third-order valence-corrected chi connectivity index (χ3v) is 2.92. The van der Waals surface area contributed by atoms with Crippen LogP contribution in [-0.4, -0.2) is 31.6 Å². The first-order valence-corrected chi connectivity index (χ1v) is 7.04.